The van der Waals surface area contributed by atoms with Crippen LogP contribution >= 0.6 is 45.3 Å². The molecule has 98 heavy (non-hydrogen) atoms. The number of thiophene rings is 4. The van der Waals surface area contributed by atoms with Gasteiger partial charge >= 0.3 is 0 Å². The van der Waals surface area contributed by atoms with Crippen LogP contribution < -0.4 is 0 Å². The Balaban J connectivity index is 0.000000129. The van der Waals surface area contributed by atoms with E-state index < -0.39 is 0 Å². The van der Waals surface area contributed by atoms with Crippen molar-refractivity contribution >= 4 is 191 Å². The number of hydrogen-bond acceptors (Lipinski definition) is 8. The molecule has 0 N–H and O–H groups in total. The maximum atomic E-state index is 5.55. The zero-order valence-electron chi connectivity index (χ0n) is 52.2. The fourth-order valence-electron chi connectivity index (χ4n) is 15.3. The van der Waals surface area contributed by atoms with Crippen molar-refractivity contribution in [1.29, 1.82) is 0 Å². The van der Waals surface area contributed by atoms with E-state index in [2.05, 4.69) is 312 Å². The Kier molecular flexibility index (Phi) is 12.4. The van der Waals surface area contributed by atoms with E-state index in [-0.39, 0.29) is 0 Å². The summed E-state index contributed by atoms with van der Waals surface area (Å²) in [6.07, 6.45) is 0. The fraction of sp³-hybridized carbons (Fsp3) is 0. The van der Waals surface area contributed by atoms with Crippen LogP contribution in [-0.4, -0.2) is 29.1 Å². The molecule has 0 amide bonds. The zero-order valence-corrected chi connectivity index (χ0v) is 55.4. The van der Waals surface area contributed by atoms with E-state index in [0.717, 1.165) is 75.8 Å². The smallest absolute Gasteiger partial charge is 0.235 e. The lowest BCUT2D eigenvalue weighted by molar-refractivity contribution is 1.02. The highest BCUT2D eigenvalue weighted by Gasteiger charge is 2.28. The van der Waals surface area contributed by atoms with Gasteiger partial charge in [0.05, 0.1) is 53.9 Å². The van der Waals surface area contributed by atoms with Crippen molar-refractivity contribution in [2.24, 2.45) is 0 Å². The molecular formula is C88H50N6S4. The van der Waals surface area contributed by atoms with Crippen molar-refractivity contribution in [3.63, 3.8) is 0 Å². The molecule has 0 radical (unpaired) electrons. The first-order valence-corrected chi connectivity index (χ1v) is 36.1. The number of nitrogens with zero attached hydrogens (tertiary/aromatic N) is 6. The molecule has 0 unspecified atom stereocenters. The average molecular weight is 1320 g/mol. The molecule has 0 saturated carbocycles. The molecule has 22 aromatic rings. The highest BCUT2D eigenvalue weighted by Crippen LogP contribution is 2.51. The second-order valence-corrected chi connectivity index (χ2v) is 29.2. The van der Waals surface area contributed by atoms with E-state index in [9.17, 15) is 0 Å². The molecule has 22 rings (SSSR count). The van der Waals surface area contributed by atoms with E-state index in [1.807, 2.05) is 22.7 Å². The summed E-state index contributed by atoms with van der Waals surface area (Å²) in [7, 11) is 0. The van der Waals surface area contributed by atoms with Gasteiger partial charge in [-0.1, -0.05) is 261 Å². The molecule has 0 aliphatic carbocycles. The Morgan fingerprint density at radius 2 is 0.541 bits per heavy atom. The molecule has 8 heterocycles. The first kappa shape index (κ1) is 55.5. The lowest BCUT2D eigenvalue weighted by Crippen LogP contribution is -2.03. The monoisotopic (exact) mass is 1320 g/mol. The van der Waals surface area contributed by atoms with E-state index in [1.165, 1.54) is 115 Å². The number of benzene rings is 14. The first-order valence-electron chi connectivity index (χ1n) is 32.8. The minimum atomic E-state index is 0.686. The van der Waals surface area contributed by atoms with Crippen molar-refractivity contribution in [1.82, 2.24) is 29.1 Å². The Morgan fingerprint density at radius 1 is 0.214 bits per heavy atom. The lowest BCUT2D eigenvalue weighted by Gasteiger charge is -2.12. The van der Waals surface area contributed by atoms with Crippen LogP contribution in [0.4, 0.5) is 0 Å². The van der Waals surface area contributed by atoms with E-state index in [4.69, 9.17) is 19.9 Å². The molecule has 0 aliphatic rings. The molecule has 0 bridgehead atoms. The van der Waals surface area contributed by atoms with Gasteiger partial charge in [-0.3, -0.25) is 9.13 Å². The quantitative estimate of drug-likeness (QED) is 0.166. The van der Waals surface area contributed by atoms with Crippen molar-refractivity contribution in [2.45, 2.75) is 0 Å². The van der Waals surface area contributed by atoms with Crippen molar-refractivity contribution < 1.29 is 0 Å². The third-order valence-electron chi connectivity index (χ3n) is 19.6. The van der Waals surface area contributed by atoms with Gasteiger partial charge in [-0.2, -0.15) is 0 Å². The fourth-order valence-corrected chi connectivity index (χ4v) is 20.1. The largest absolute Gasteiger partial charge is 0.277 e. The zero-order chi connectivity index (χ0) is 64.1. The van der Waals surface area contributed by atoms with Crippen LogP contribution in [0.15, 0.2) is 303 Å². The van der Waals surface area contributed by atoms with Crippen molar-refractivity contribution in [3.8, 4) is 56.7 Å². The van der Waals surface area contributed by atoms with E-state index in [0.29, 0.717) is 11.9 Å². The number of hydrogen-bond donors (Lipinski definition) is 0. The van der Waals surface area contributed by atoms with Gasteiger partial charge in [0.15, 0.2) is 0 Å². The number of rotatable bonds is 6. The third-order valence-corrected chi connectivity index (χ3v) is 24.4. The molecule has 0 spiro atoms. The van der Waals surface area contributed by atoms with Crippen LogP contribution in [0.2, 0.25) is 0 Å². The predicted molar refractivity (Wildman–Crippen MR) is 421 cm³/mol. The van der Waals surface area contributed by atoms with E-state index >= 15 is 0 Å². The van der Waals surface area contributed by atoms with Gasteiger partial charge in [-0.05, 0) is 64.7 Å². The van der Waals surface area contributed by atoms with Gasteiger partial charge < -0.3 is 0 Å². The standard InChI is InChI=1S/2C44H25N3S2/c1-2-13-26(14-3-1)27-15-12-16-28(25-27)39-43-40(33-21-8-11-24-36(33)49-43)46-44(45-39)47-34-22-9-6-19-31(34)37-38-32-20-7-10-23-35(32)48-42(38)30-18-5-4-17-29(30)41(37)47;1-2-12-26(13-3-1)27-22-24-28(25-23-27)39-43-40(33-18-8-11-21-36(33)49-43)46-44(45-39)47-34-19-9-6-16-31(34)37-38-32-17-7-10-20-35(32)48-42(38)30-15-5-4-14-29(30)41(37)47/h2*1-25H. The molecule has 0 aliphatic heterocycles. The maximum Gasteiger partial charge on any atom is 0.235 e. The Labute approximate surface area is 576 Å². The molecule has 14 aromatic carbocycles. The van der Waals surface area contributed by atoms with Crippen molar-refractivity contribution in [3.05, 3.63) is 303 Å². The molecule has 0 atom stereocenters. The second kappa shape index (κ2) is 21.9. The van der Waals surface area contributed by atoms with Gasteiger partial charge in [-0.15, -0.1) is 45.3 Å². The first-order chi connectivity index (χ1) is 48.6. The van der Waals surface area contributed by atoms with Gasteiger partial charge in [0.2, 0.25) is 11.9 Å². The average Bonchev–Trinajstić information content (AvgIpc) is 1.54. The predicted octanol–water partition coefficient (Wildman–Crippen LogP) is 25.6. The number of aromatic nitrogens is 6. The molecule has 456 valence electrons. The van der Waals surface area contributed by atoms with Gasteiger partial charge in [0.25, 0.3) is 0 Å². The Bertz CT molecular complexity index is 7050. The summed E-state index contributed by atoms with van der Waals surface area (Å²) >= 11 is 7.31. The Hall–Kier alpha value is -11.8. The summed E-state index contributed by atoms with van der Waals surface area (Å²) in [6.45, 7) is 0. The highest BCUT2D eigenvalue weighted by molar-refractivity contribution is 7.28. The van der Waals surface area contributed by atoms with Gasteiger partial charge in [0.1, 0.15) is 0 Å². The molecular weight excluding hydrogens is 1270 g/mol. The molecule has 6 nitrogen and oxygen atoms in total. The normalized spacial score (nSPS) is 12.1. The van der Waals surface area contributed by atoms with Crippen LogP contribution in [0, 0.1) is 0 Å². The Morgan fingerprint density at radius 3 is 1.02 bits per heavy atom. The SMILES string of the molecule is c1ccc(-c2ccc(-c3nc(-n4c5ccccc5c5c6c7ccccc7sc6c6ccccc6c54)nc4c3sc3ccccc34)cc2)cc1.c1ccc(-c2cccc(-c3nc(-n4c5ccccc5c5c6c7ccccc7sc6c6ccccc6c54)nc4c3sc3ccccc34)c2)cc1. The summed E-state index contributed by atoms with van der Waals surface area (Å²) in [5, 5.41) is 17.4. The van der Waals surface area contributed by atoms with Crippen LogP contribution in [0.25, 0.3) is 203 Å². The second-order valence-electron chi connectivity index (χ2n) is 25.0. The summed E-state index contributed by atoms with van der Waals surface area (Å²) < 4.78 is 14.5. The van der Waals surface area contributed by atoms with E-state index in [1.54, 1.807) is 22.7 Å². The molecule has 0 fully saturated rings. The number of para-hydroxylation sites is 2. The maximum absolute atomic E-state index is 5.55. The highest BCUT2D eigenvalue weighted by atomic mass is 32.1. The van der Waals surface area contributed by atoms with Crippen LogP contribution in [0.1, 0.15) is 0 Å². The van der Waals surface area contributed by atoms with Gasteiger partial charge in [0, 0.05) is 115 Å². The summed E-state index contributed by atoms with van der Waals surface area (Å²) in [6, 6.07) is 109. The van der Waals surface area contributed by atoms with Crippen LogP contribution in [0.5, 0.6) is 0 Å². The topological polar surface area (TPSA) is 61.4 Å². The van der Waals surface area contributed by atoms with Crippen LogP contribution in [-0.2, 0) is 0 Å². The molecule has 10 heteroatoms. The molecule has 0 saturated heterocycles. The van der Waals surface area contributed by atoms with Crippen LogP contribution in [0.3, 0.4) is 0 Å². The summed E-state index contributed by atoms with van der Waals surface area (Å²) in [5.74, 6) is 1.37. The minimum absolute atomic E-state index is 0.686. The number of fused-ring (bicyclic) bond motifs is 26. The minimum Gasteiger partial charge on any atom is -0.277 e. The lowest BCUT2D eigenvalue weighted by atomic mass is 10.00. The summed E-state index contributed by atoms with van der Waals surface area (Å²) in [4.78, 5) is 22.0. The van der Waals surface area contributed by atoms with Crippen molar-refractivity contribution in [2.75, 3.05) is 0 Å². The third kappa shape index (κ3) is 8.36. The van der Waals surface area contributed by atoms with Gasteiger partial charge in [-0.25, -0.2) is 19.9 Å². The summed E-state index contributed by atoms with van der Waals surface area (Å²) in [5.41, 5.74) is 15.3. The molecule has 8 aromatic heterocycles.